The number of aliphatic hydroxyl groups excluding tert-OH is 1. The van der Waals surface area contributed by atoms with E-state index in [9.17, 15) is 0 Å². The minimum absolute atomic E-state index is 0.194. The zero-order valence-corrected chi connectivity index (χ0v) is 10.0. The molecule has 1 heterocycles. The van der Waals surface area contributed by atoms with Gasteiger partial charge in [-0.3, -0.25) is 0 Å². The van der Waals surface area contributed by atoms with E-state index in [4.69, 9.17) is 10.3 Å². The number of oxime groups is 1. The lowest BCUT2D eigenvalue weighted by Gasteiger charge is -2.33. The quantitative estimate of drug-likeness (QED) is 0.618. The summed E-state index contributed by atoms with van der Waals surface area (Å²) >= 11 is 0. The molecule has 1 aliphatic heterocycles. The predicted octanol–water partition coefficient (Wildman–Crippen LogP) is 1.70. The Kier molecular flexibility index (Phi) is 3.64. The van der Waals surface area contributed by atoms with Gasteiger partial charge in [0, 0.05) is 37.4 Å². The van der Waals surface area contributed by atoms with E-state index in [2.05, 4.69) is 10.1 Å². The molecule has 92 valence electrons. The third kappa shape index (κ3) is 2.42. The molecule has 2 N–H and O–H groups in total. The Bertz CT molecular complexity index is 418. The van der Waals surface area contributed by atoms with Crippen molar-refractivity contribution in [1.29, 1.82) is 0 Å². The molecule has 1 unspecified atom stereocenters. The first-order valence-electron chi connectivity index (χ1n) is 5.92. The highest BCUT2D eigenvalue weighted by molar-refractivity contribution is 6.06. The third-order valence-corrected chi connectivity index (χ3v) is 3.14. The molecule has 0 aliphatic carbocycles. The smallest absolute Gasteiger partial charge is 0.0906 e. The second kappa shape index (κ2) is 5.19. The van der Waals surface area contributed by atoms with E-state index < -0.39 is 0 Å². The summed E-state index contributed by atoms with van der Waals surface area (Å²) < 4.78 is 0. The Balaban J connectivity index is 2.28. The molecule has 0 aromatic heterocycles. The Morgan fingerprint density at radius 3 is 2.88 bits per heavy atom. The minimum Gasteiger partial charge on any atom is -0.411 e. The van der Waals surface area contributed by atoms with E-state index >= 15 is 0 Å². The Labute approximate surface area is 101 Å². The first-order chi connectivity index (χ1) is 8.26. The number of benzene rings is 1. The fourth-order valence-corrected chi connectivity index (χ4v) is 2.22. The number of anilines is 1. The predicted molar refractivity (Wildman–Crippen MR) is 67.8 cm³/mol. The van der Waals surface area contributed by atoms with Crippen molar-refractivity contribution in [2.45, 2.75) is 13.3 Å². The van der Waals surface area contributed by atoms with Crippen LogP contribution in [0.1, 0.15) is 18.9 Å². The van der Waals surface area contributed by atoms with Gasteiger partial charge in [0.2, 0.25) is 0 Å². The van der Waals surface area contributed by atoms with Crippen LogP contribution >= 0.6 is 0 Å². The summed E-state index contributed by atoms with van der Waals surface area (Å²) in [6.07, 6.45) is 0.742. The van der Waals surface area contributed by atoms with E-state index in [0.29, 0.717) is 0 Å². The highest BCUT2D eigenvalue weighted by Gasteiger charge is 2.22. The first kappa shape index (κ1) is 11.9. The molecule has 4 nitrogen and oxygen atoms in total. The molecule has 2 rings (SSSR count). The van der Waals surface area contributed by atoms with Crippen molar-refractivity contribution < 1.29 is 10.3 Å². The van der Waals surface area contributed by atoms with Gasteiger partial charge in [-0.25, -0.2) is 0 Å². The summed E-state index contributed by atoms with van der Waals surface area (Å²) in [6, 6.07) is 7.93. The minimum atomic E-state index is 0.194. The molecule has 1 atom stereocenters. The van der Waals surface area contributed by atoms with E-state index in [0.717, 1.165) is 36.5 Å². The molecule has 0 bridgehead atoms. The van der Waals surface area contributed by atoms with Crippen molar-refractivity contribution in [1.82, 2.24) is 0 Å². The monoisotopic (exact) mass is 234 g/mol. The molecular formula is C13H18N2O2. The van der Waals surface area contributed by atoms with Crippen molar-refractivity contribution in [3.05, 3.63) is 29.8 Å². The summed E-state index contributed by atoms with van der Waals surface area (Å²) in [7, 11) is 0. The molecule has 0 saturated carbocycles. The number of hydrogen-bond acceptors (Lipinski definition) is 4. The second-order valence-corrected chi connectivity index (χ2v) is 4.55. The molecule has 1 aromatic rings. The lowest BCUT2D eigenvalue weighted by Crippen LogP contribution is -2.36. The Morgan fingerprint density at radius 2 is 2.18 bits per heavy atom. The molecule has 0 fully saturated rings. The van der Waals surface area contributed by atoms with Crippen molar-refractivity contribution in [3.63, 3.8) is 0 Å². The number of aliphatic hydroxyl groups is 1. The van der Waals surface area contributed by atoms with Crippen LogP contribution in [0.4, 0.5) is 5.69 Å². The van der Waals surface area contributed by atoms with E-state index in [1.807, 2.05) is 31.2 Å². The van der Waals surface area contributed by atoms with Gasteiger partial charge in [-0.1, -0.05) is 30.3 Å². The third-order valence-electron chi connectivity index (χ3n) is 3.14. The first-order valence-corrected chi connectivity index (χ1v) is 5.92. The molecular weight excluding hydrogens is 216 g/mol. The van der Waals surface area contributed by atoms with Crippen LogP contribution in [0.25, 0.3) is 0 Å². The van der Waals surface area contributed by atoms with Crippen molar-refractivity contribution in [2.75, 3.05) is 24.6 Å². The SMILES string of the molecule is CC(CO)CN1CC/C(=N/O)c2ccccc21. The largest absolute Gasteiger partial charge is 0.411 e. The van der Waals surface area contributed by atoms with Gasteiger partial charge in [-0.15, -0.1) is 0 Å². The van der Waals surface area contributed by atoms with Gasteiger partial charge in [0.25, 0.3) is 0 Å². The maximum absolute atomic E-state index is 9.12. The zero-order valence-electron chi connectivity index (χ0n) is 10.0. The van der Waals surface area contributed by atoms with Crippen molar-refractivity contribution in [2.24, 2.45) is 11.1 Å². The Morgan fingerprint density at radius 1 is 1.41 bits per heavy atom. The summed E-state index contributed by atoms with van der Waals surface area (Å²) in [4.78, 5) is 2.24. The van der Waals surface area contributed by atoms with Crippen LogP contribution < -0.4 is 4.90 Å². The van der Waals surface area contributed by atoms with Gasteiger partial charge in [0.1, 0.15) is 0 Å². The van der Waals surface area contributed by atoms with Gasteiger partial charge in [-0.2, -0.15) is 0 Å². The van der Waals surface area contributed by atoms with Crippen molar-refractivity contribution in [3.8, 4) is 0 Å². The number of para-hydroxylation sites is 1. The normalized spacial score (nSPS) is 19.2. The molecule has 4 heteroatoms. The molecule has 0 amide bonds. The summed E-state index contributed by atoms with van der Waals surface area (Å²) in [6.45, 7) is 3.88. The van der Waals surface area contributed by atoms with Crippen LogP contribution in [0.15, 0.2) is 29.4 Å². The highest BCUT2D eigenvalue weighted by atomic mass is 16.4. The molecule has 17 heavy (non-hydrogen) atoms. The summed E-state index contributed by atoms with van der Waals surface area (Å²) in [5.74, 6) is 0.246. The fraction of sp³-hybridized carbons (Fsp3) is 0.462. The van der Waals surface area contributed by atoms with Crippen LogP contribution in [-0.4, -0.2) is 35.7 Å². The summed E-state index contributed by atoms with van der Waals surface area (Å²) in [5.41, 5.74) is 2.83. The van der Waals surface area contributed by atoms with Gasteiger partial charge < -0.3 is 15.2 Å². The maximum atomic E-state index is 9.12. The van der Waals surface area contributed by atoms with Gasteiger partial charge in [-0.05, 0) is 12.0 Å². The van der Waals surface area contributed by atoms with Gasteiger partial charge in [0.05, 0.1) is 5.71 Å². The topological polar surface area (TPSA) is 56.1 Å². The summed E-state index contributed by atoms with van der Waals surface area (Å²) in [5, 5.41) is 21.5. The second-order valence-electron chi connectivity index (χ2n) is 4.55. The zero-order chi connectivity index (χ0) is 12.3. The average molecular weight is 234 g/mol. The average Bonchev–Trinajstić information content (AvgIpc) is 2.39. The van der Waals surface area contributed by atoms with E-state index in [1.54, 1.807) is 0 Å². The van der Waals surface area contributed by atoms with E-state index in [-0.39, 0.29) is 12.5 Å². The number of rotatable bonds is 3. The van der Waals surface area contributed by atoms with Gasteiger partial charge in [0.15, 0.2) is 0 Å². The molecule has 1 aliphatic rings. The Hall–Kier alpha value is -1.55. The molecule has 0 radical (unpaired) electrons. The van der Waals surface area contributed by atoms with Crippen LogP contribution in [0.3, 0.4) is 0 Å². The van der Waals surface area contributed by atoms with E-state index in [1.165, 1.54) is 0 Å². The number of hydrogen-bond donors (Lipinski definition) is 2. The van der Waals surface area contributed by atoms with Crippen LogP contribution in [0.5, 0.6) is 0 Å². The number of nitrogens with zero attached hydrogens (tertiary/aromatic N) is 2. The fourth-order valence-electron chi connectivity index (χ4n) is 2.22. The molecule has 0 saturated heterocycles. The lowest BCUT2D eigenvalue weighted by molar-refractivity contribution is 0.239. The van der Waals surface area contributed by atoms with Crippen molar-refractivity contribution >= 4 is 11.4 Å². The van der Waals surface area contributed by atoms with Crippen LogP contribution in [-0.2, 0) is 0 Å². The van der Waals surface area contributed by atoms with Gasteiger partial charge >= 0.3 is 0 Å². The molecule has 0 spiro atoms. The lowest BCUT2D eigenvalue weighted by atomic mass is 9.98. The molecule has 1 aromatic carbocycles. The maximum Gasteiger partial charge on any atom is 0.0906 e. The van der Waals surface area contributed by atoms with Crippen LogP contribution in [0.2, 0.25) is 0 Å². The van der Waals surface area contributed by atoms with Crippen LogP contribution in [0, 0.1) is 5.92 Å². The standard InChI is InChI=1S/C13H18N2O2/c1-10(9-16)8-15-7-6-12(14-17)11-4-2-3-5-13(11)15/h2-5,10,16-17H,6-9H2,1H3/b14-12-. The highest BCUT2D eigenvalue weighted by Crippen LogP contribution is 2.27. The number of fused-ring (bicyclic) bond motifs is 1.